The zero-order valence-corrected chi connectivity index (χ0v) is 11.2. The van der Waals surface area contributed by atoms with Crippen LogP contribution in [0.25, 0.3) is 0 Å². The third kappa shape index (κ3) is 2.37. The fourth-order valence-electron chi connectivity index (χ4n) is 3.42. The predicted octanol–water partition coefficient (Wildman–Crippen LogP) is 0.941. The lowest BCUT2D eigenvalue weighted by Crippen LogP contribution is -2.43. The van der Waals surface area contributed by atoms with Crippen LogP contribution < -0.4 is 4.72 Å². The largest absolute Gasteiger partial charge is 0.300 e. The second-order valence-electron chi connectivity index (χ2n) is 5.98. The van der Waals surface area contributed by atoms with Gasteiger partial charge in [0.25, 0.3) is 0 Å². The van der Waals surface area contributed by atoms with Crippen LogP contribution in [0.3, 0.4) is 0 Å². The van der Waals surface area contributed by atoms with Crippen molar-refractivity contribution in [3.63, 3.8) is 0 Å². The van der Waals surface area contributed by atoms with Gasteiger partial charge in [-0.2, -0.15) is 0 Å². The molecule has 3 aliphatic rings. The molecule has 3 rings (SSSR count). The Hall–Kier alpha value is -0.130. The van der Waals surface area contributed by atoms with Crippen molar-refractivity contribution in [3.05, 3.63) is 0 Å². The fraction of sp³-hybridized carbons (Fsp3) is 1.00. The lowest BCUT2D eigenvalue weighted by Gasteiger charge is -2.36. The van der Waals surface area contributed by atoms with Crippen LogP contribution in [0.15, 0.2) is 0 Å². The Bertz CT molecular complexity index is 377. The summed E-state index contributed by atoms with van der Waals surface area (Å²) in [4.78, 5) is 2.49. The summed E-state index contributed by atoms with van der Waals surface area (Å²) < 4.78 is 26.3. The highest BCUT2D eigenvalue weighted by Crippen LogP contribution is 2.37. The summed E-state index contributed by atoms with van der Waals surface area (Å²) in [5.74, 6) is 0.553. The van der Waals surface area contributed by atoms with Crippen LogP contribution in [-0.4, -0.2) is 44.2 Å². The lowest BCUT2D eigenvalue weighted by atomic mass is 9.91. The van der Waals surface area contributed by atoms with Crippen LogP contribution in [0.1, 0.15) is 38.5 Å². The molecule has 1 N–H and O–H groups in total. The molecular weight excluding hydrogens is 236 g/mol. The Morgan fingerprint density at radius 2 is 1.71 bits per heavy atom. The van der Waals surface area contributed by atoms with Gasteiger partial charge in [-0.05, 0) is 51.5 Å². The number of hydrogen-bond donors (Lipinski definition) is 1. The summed E-state index contributed by atoms with van der Waals surface area (Å²) in [6.45, 7) is 0.666. The van der Waals surface area contributed by atoms with E-state index in [0.29, 0.717) is 24.5 Å². The van der Waals surface area contributed by atoms with Crippen molar-refractivity contribution in [3.8, 4) is 0 Å². The first-order valence-electron chi connectivity index (χ1n) is 6.76. The molecule has 0 aromatic carbocycles. The molecule has 1 saturated carbocycles. The van der Waals surface area contributed by atoms with Crippen LogP contribution in [0.4, 0.5) is 0 Å². The zero-order chi connectivity index (χ0) is 12.0. The number of rotatable bonds is 4. The molecule has 2 unspecified atom stereocenters. The second-order valence-corrected chi connectivity index (χ2v) is 8.03. The van der Waals surface area contributed by atoms with Gasteiger partial charge in [0.1, 0.15) is 0 Å². The highest BCUT2D eigenvalue weighted by molar-refractivity contribution is 7.90. The maximum absolute atomic E-state index is 11.8. The standard InChI is InChI=1S/C12H22N2O2S/c1-14-10-2-3-11(14)7-9(6-10)8-13-17(15,16)12-4-5-12/h9-13H,2-8H2,1H3/t9?,10-,11?/m1/s1. The average Bonchev–Trinajstić information content (AvgIpc) is 3.10. The van der Waals surface area contributed by atoms with Crippen LogP contribution in [0.5, 0.6) is 0 Å². The van der Waals surface area contributed by atoms with Crippen LogP contribution in [-0.2, 0) is 10.0 Å². The Kier molecular flexibility index (Phi) is 2.96. The Balaban J connectivity index is 1.53. The van der Waals surface area contributed by atoms with E-state index in [0.717, 1.165) is 12.8 Å². The van der Waals surface area contributed by atoms with Gasteiger partial charge in [0.2, 0.25) is 10.0 Å². The first-order valence-corrected chi connectivity index (χ1v) is 8.31. The molecule has 0 aromatic heterocycles. The van der Waals surface area contributed by atoms with E-state index in [4.69, 9.17) is 0 Å². The number of piperidine rings is 1. The van der Waals surface area contributed by atoms with Crippen molar-refractivity contribution < 1.29 is 8.42 Å². The third-order valence-corrected chi connectivity index (χ3v) is 6.65. The van der Waals surface area contributed by atoms with Crippen LogP contribution >= 0.6 is 0 Å². The molecule has 0 aromatic rings. The van der Waals surface area contributed by atoms with E-state index in [1.54, 1.807) is 0 Å². The van der Waals surface area contributed by atoms with Crippen molar-refractivity contribution in [2.45, 2.75) is 55.9 Å². The van der Waals surface area contributed by atoms with Crippen LogP contribution in [0, 0.1) is 5.92 Å². The van der Waals surface area contributed by atoms with Gasteiger partial charge in [0, 0.05) is 18.6 Å². The summed E-state index contributed by atoms with van der Waals surface area (Å²) >= 11 is 0. The summed E-state index contributed by atoms with van der Waals surface area (Å²) in [5.41, 5.74) is 0. The molecule has 98 valence electrons. The second kappa shape index (κ2) is 4.21. The van der Waals surface area contributed by atoms with Gasteiger partial charge in [0.05, 0.1) is 5.25 Å². The molecule has 4 nitrogen and oxygen atoms in total. The van der Waals surface area contributed by atoms with Crippen molar-refractivity contribution >= 4 is 10.0 Å². The smallest absolute Gasteiger partial charge is 0.214 e. The van der Waals surface area contributed by atoms with Crippen molar-refractivity contribution in [2.75, 3.05) is 13.6 Å². The minimum absolute atomic E-state index is 0.0783. The van der Waals surface area contributed by atoms with E-state index in [-0.39, 0.29) is 5.25 Å². The SMILES string of the molecule is CN1C2CC[C@@H]1CC(CNS(=O)(=O)C1CC1)C2. The third-order valence-electron chi connectivity index (χ3n) is 4.73. The highest BCUT2D eigenvalue weighted by Gasteiger charge is 2.40. The summed E-state index contributed by atoms with van der Waals surface area (Å²) in [6.07, 6.45) is 6.64. The van der Waals surface area contributed by atoms with E-state index >= 15 is 0 Å². The molecule has 17 heavy (non-hydrogen) atoms. The quantitative estimate of drug-likeness (QED) is 0.816. The Labute approximate surface area is 104 Å². The predicted molar refractivity (Wildman–Crippen MR) is 67.2 cm³/mol. The summed E-state index contributed by atoms with van der Waals surface area (Å²) in [7, 11) is -0.763. The first kappa shape index (κ1) is 11.9. The molecule has 3 atom stereocenters. The fourth-order valence-corrected chi connectivity index (χ4v) is 4.88. The molecular formula is C12H22N2O2S. The normalized spacial score (nSPS) is 38.5. The molecule has 2 aliphatic heterocycles. The van der Waals surface area contributed by atoms with Gasteiger partial charge >= 0.3 is 0 Å². The van der Waals surface area contributed by atoms with Crippen molar-refractivity contribution in [2.24, 2.45) is 5.92 Å². The number of fused-ring (bicyclic) bond motifs is 2. The van der Waals surface area contributed by atoms with E-state index in [9.17, 15) is 8.42 Å². The molecule has 0 amide bonds. The molecule has 2 heterocycles. The summed E-state index contributed by atoms with van der Waals surface area (Å²) in [5, 5.41) is -0.0783. The molecule has 5 heteroatoms. The van der Waals surface area contributed by atoms with Gasteiger partial charge in [-0.3, -0.25) is 0 Å². The maximum Gasteiger partial charge on any atom is 0.214 e. The van der Waals surface area contributed by atoms with E-state index in [2.05, 4.69) is 16.7 Å². The van der Waals surface area contributed by atoms with E-state index in [1.165, 1.54) is 25.7 Å². The van der Waals surface area contributed by atoms with Crippen LogP contribution in [0.2, 0.25) is 0 Å². The van der Waals surface area contributed by atoms with E-state index < -0.39 is 10.0 Å². The van der Waals surface area contributed by atoms with Crippen molar-refractivity contribution in [1.29, 1.82) is 0 Å². The molecule has 3 fully saturated rings. The topological polar surface area (TPSA) is 49.4 Å². The highest BCUT2D eigenvalue weighted by atomic mass is 32.2. The molecule has 2 saturated heterocycles. The number of hydrogen-bond acceptors (Lipinski definition) is 3. The monoisotopic (exact) mass is 258 g/mol. The lowest BCUT2D eigenvalue weighted by molar-refractivity contribution is 0.135. The molecule has 2 bridgehead atoms. The minimum Gasteiger partial charge on any atom is -0.300 e. The van der Waals surface area contributed by atoms with Gasteiger partial charge in [-0.15, -0.1) is 0 Å². The van der Waals surface area contributed by atoms with Gasteiger partial charge in [-0.1, -0.05) is 0 Å². The molecule has 0 radical (unpaired) electrons. The van der Waals surface area contributed by atoms with E-state index in [1.807, 2.05) is 0 Å². The summed E-state index contributed by atoms with van der Waals surface area (Å²) in [6, 6.07) is 1.40. The number of nitrogens with one attached hydrogen (secondary N) is 1. The first-order chi connectivity index (χ1) is 8.06. The Morgan fingerprint density at radius 3 is 2.24 bits per heavy atom. The average molecular weight is 258 g/mol. The van der Waals surface area contributed by atoms with Gasteiger partial charge in [0.15, 0.2) is 0 Å². The maximum atomic E-state index is 11.8. The minimum atomic E-state index is -2.98. The van der Waals surface area contributed by atoms with Crippen molar-refractivity contribution in [1.82, 2.24) is 9.62 Å². The van der Waals surface area contributed by atoms with Gasteiger partial charge < -0.3 is 4.90 Å². The number of sulfonamides is 1. The number of nitrogens with zero attached hydrogens (tertiary/aromatic N) is 1. The van der Waals surface area contributed by atoms with Gasteiger partial charge in [-0.25, -0.2) is 13.1 Å². The molecule has 1 aliphatic carbocycles. The molecule has 0 spiro atoms. The Morgan fingerprint density at radius 1 is 1.12 bits per heavy atom. The zero-order valence-electron chi connectivity index (χ0n) is 10.4.